The van der Waals surface area contributed by atoms with E-state index in [-0.39, 0.29) is 12.5 Å². The predicted molar refractivity (Wildman–Crippen MR) is 103 cm³/mol. The number of hydrogen-bond acceptors (Lipinski definition) is 3. The summed E-state index contributed by atoms with van der Waals surface area (Å²) in [5, 5.41) is 0. The summed E-state index contributed by atoms with van der Waals surface area (Å²) in [7, 11) is 0. The van der Waals surface area contributed by atoms with E-state index in [9.17, 15) is 4.79 Å². The second-order valence-corrected chi connectivity index (χ2v) is 6.99. The van der Waals surface area contributed by atoms with Crippen molar-refractivity contribution < 1.29 is 9.53 Å². The number of piperidine rings is 1. The van der Waals surface area contributed by atoms with Gasteiger partial charge in [0.1, 0.15) is 12.4 Å². The molecule has 0 saturated carbocycles. The molecule has 0 N–H and O–H groups in total. The van der Waals surface area contributed by atoms with Crippen LogP contribution in [0.15, 0.2) is 36.5 Å². The Balaban J connectivity index is 1.53. The van der Waals surface area contributed by atoms with Crippen molar-refractivity contribution in [3.05, 3.63) is 42.2 Å². The molecule has 0 atom stereocenters. The number of nitrogens with zero attached hydrogens (tertiary/aromatic N) is 3. The Labute approximate surface area is 156 Å². The molecule has 1 aliphatic heterocycles. The van der Waals surface area contributed by atoms with Crippen LogP contribution in [0.3, 0.4) is 0 Å². The lowest BCUT2D eigenvalue weighted by atomic mass is 9.93. The number of aromatic nitrogens is 2. The van der Waals surface area contributed by atoms with Crippen molar-refractivity contribution in [3.63, 3.8) is 0 Å². The van der Waals surface area contributed by atoms with Gasteiger partial charge in [-0.05, 0) is 39.0 Å². The highest BCUT2D eigenvalue weighted by atomic mass is 16.5. The molecule has 2 aromatic rings. The number of carbonyl (C=O) groups is 1. The van der Waals surface area contributed by atoms with E-state index in [1.807, 2.05) is 24.1 Å². The highest BCUT2D eigenvalue weighted by Gasteiger charge is 2.23. The van der Waals surface area contributed by atoms with E-state index in [0.29, 0.717) is 12.5 Å². The molecule has 1 aromatic heterocycles. The van der Waals surface area contributed by atoms with Gasteiger partial charge in [-0.3, -0.25) is 4.79 Å². The predicted octanol–water partition coefficient (Wildman–Crippen LogP) is 3.52. The average Bonchev–Trinajstić information content (AvgIpc) is 3.06. The van der Waals surface area contributed by atoms with Gasteiger partial charge in [0, 0.05) is 43.7 Å². The molecular weight excluding hydrogens is 326 g/mol. The van der Waals surface area contributed by atoms with Crippen LogP contribution in [0.1, 0.15) is 31.9 Å². The number of likely N-dealkylation sites (tertiary alicyclic amines) is 1. The van der Waals surface area contributed by atoms with Crippen molar-refractivity contribution in [1.82, 2.24) is 14.5 Å². The Kier molecular flexibility index (Phi) is 6.45. The van der Waals surface area contributed by atoms with Crippen molar-refractivity contribution in [3.8, 4) is 11.4 Å². The van der Waals surface area contributed by atoms with E-state index in [4.69, 9.17) is 4.74 Å². The Bertz CT molecular complexity index is 703. The van der Waals surface area contributed by atoms with Crippen LogP contribution >= 0.6 is 0 Å². The summed E-state index contributed by atoms with van der Waals surface area (Å²) in [6.45, 7) is 7.53. The maximum absolute atomic E-state index is 12.0. The fourth-order valence-electron chi connectivity index (χ4n) is 3.62. The molecule has 0 bridgehead atoms. The number of ether oxygens (including phenoxy) is 1. The smallest absolute Gasteiger partial charge is 0.248 e. The average molecular weight is 355 g/mol. The second kappa shape index (κ2) is 8.99. The normalized spacial score (nSPS) is 15.4. The van der Waals surface area contributed by atoms with Gasteiger partial charge in [0.2, 0.25) is 5.91 Å². The van der Waals surface area contributed by atoms with Crippen LogP contribution in [0, 0.1) is 12.8 Å². The maximum Gasteiger partial charge on any atom is 0.248 e. The third-order valence-corrected chi connectivity index (χ3v) is 5.24. The highest BCUT2D eigenvalue weighted by molar-refractivity contribution is 5.77. The van der Waals surface area contributed by atoms with E-state index in [0.717, 1.165) is 50.3 Å². The van der Waals surface area contributed by atoms with Crippen LogP contribution < -0.4 is 0 Å². The van der Waals surface area contributed by atoms with E-state index in [1.54, 1.807) is 0 Å². The first-order valence-corrected chi connectivity index (χ1v) is 9.62. The topological polar surface area (TPSA) is 47.4 Å². The number of rotatable bonds is 7. The molecule has 2 heterocycles. The lowest BCUT2D eigenvalue weighted by Gasteiger charge is -2.32. The molecular formula is C21H29N3O2. The lowest BCUT2D eigenvalue weighted by Crippen LogP contribution is -2.40. The van der Waals surface area contributed by atoms with E-state index >= 15 is 0 Å². The van der Waals surface area contributed by atoms with E-state index in [2.05, 4.69) is 40.7 Å². The zero-order valence-electron chi connectivity index (χ0n) is 15.9. The first kappa shape index (κ1) is 18.6. The van der Waals surface area contributed by atoms with Crippen molar-refractivity contribution in [2.24, 2.45) is 5.92 Å². The van der Waals surface area contributed by atoms with Gasteiger partial charge in [-0.25, -0.2) is 4.98 Å². The van der Waals surface area contributed by atoms with Gasteiger partial charge in [-0.1, -0.05) is 30.3 Å². The standard InChI is InChI=1S/C21H29N3O2/c1-3-26-16-20(25)23-12-9-18(10-13-23)11-14-24-17(2)15-22-21(24)19-7-5-4-6-8-19/h4-8,15,18H,3,9-14,16H2,1-2H3. The van der Waals surface area contributed by atoms with Crippen LogP contribution in [-0.2, 0) is 16.1 Å². The molecule has 5 heteroatoms. The van der Waals surface area contributed by atoms with Gasteiger partial charge in [-0.2, -0.15) is 0 Å². The largest absolute Gasteiger partial charge is 0.372 e. The molecule has 1 fully saturated rings. The maximum atomic E-state index is 12.0. The summed E-state index contributed by atoms with van der Waals surface area (Å²) in [6, 6.07) is 10.4. The fourth-order valence-corrected chi connectivity index (χ4v) is 3.62. The number of carbonyl (C=O) groups excluding carboxylic acids is 1. The summed E-state index contributed by atoms with van der Waals surface area (Å²) in [6.07, 6.45) is 5.24. The minimum absolute atomic E-state index is 0.127. The summed E-state index contributed by atoms with van der Waals surface area (Å²) >= 11 is 0. The monoisotopic (exact) mass is 355 g/mol. The van der Waals surface area contributed by atoms with Gasteiger partial charge in [0.15, 0.2) is 0 Å². The minimum Gasteiger partial charge on any atom is -0.372 e. The number of aryl methyl sites for hydroxylation is 1. The quantitative estimate of drug-likeness (QED) is 0.763. The van der Waals surface area contributed by atoms with Crippen molar-refractivity contribution in [2.45, 2.75) is 39.7 Å². The van der Waals surface area contributed by atoms with Crippen LogP contribution in [0.5, 0.6) is 0 Å². The molecule has 0 aliphatic carbocycles. The van der Waals surface area contributed by atoms with Crippen LogP contribution in [0.4, 0.5) is 0 Å². The zero-order chi connectivity index (χ0) is 18.4. The number of imidazole rings is 1. The molecule has 1 amide bonds. The van der Waals surface area contributed by atoms with Gasteiger partial charge in [0.05, 0.1) is 0 Å². The van der Waals surface area contributed by atoms with E-state index in [1.165, 1.54) is 5.69 Å². The zero-order valence-corrected chi connectivity index (χ0v) is 15.9. The molecule has 5 nitrogen and oxygen atoms in total. The Morgan fingerprint density at radius 3 is 2.65 bits per heavy atom. The van der Waals surface area contributed by atoms with Crippen LogP contribution in [0.2, 0.25) is 0 Å². The first-order valence-electron chi connectivity index (χ1n) is 9.62. The third kappa shape index (κ3) is 4.52. The summed E-state index contributed by atoms with van der Waals surface area (Å²) in [5.74, 6) is 1.84. The van der Waals surface area contributed by atoms with E-state index < -0.39 is 0 Å². The summed E-state index contributed by atoms with van der Waals surface area (Å²) in [5.41, 5.74) is 2.37. The van der Waals surface area contributed by atoms with Gasteiger partial charge in [-0.15, -0.1) is 0 Å². The number of benzene rings is 1. The molecule has 1 aromatic carbocycles. The minimum atomic E-state index is 0.127. The molecule has 1 aliphatic rings. The molecule has 0 unspecified atom stereocenters. The molecule has 3 rings (SSSR count). The molecule has 1 saturated heterocycles. The van der Waals surface area contributed by atoms with Gasteiger partial charge >= 0.3 is 0 Å². The Hall–Kier alpha value is -2.14. The van der Waals surface area contributed by atoms with Gasteiger partial charge in [0.25, 0.3) is 0 Å². The second-order valence-electron chi connectivity index (χ2n) is 6.99. The highest BCUT2D eigenvalue weighted by Crippen LogP contribution is 2.24. The summed E-state index contributed by atoms with van der Waals surface area (Å²) < 4.78 is 7.56. The Morgan fingerprint density at radius 2 is 1.96 bits per heavy atom. The first-order chi connectivity index (χ1) is 12.7. The van der Waals surface area contributed by atoms with Crippen LogP contribution in [0.25, 0.3) is 11.4 Å². The fraction of sp³-hybridized carbons (Fsp3) is 0.524. The summed E-state index contributed by atoms with van der Waals surface area (Å²) in [4.78, 5) is 18.6. The van der Waals surface area contributed by atoms with Crippen LogP contribution in [-0.4, -0.2) is 46.7 Å². The number of amides is 1. The lowest BCUT2D eigenvalue weighted by molar-refractivity contribution is -0.137. The molecule has 0 radical (unpaired) electrons. The molecule has 140 valence electrons. The third-order valence-electron chi connectivity index (χ3n) is 5.24. The van der Waals surface area contributed by atoms with Crippen molar-refractivity contribution >= 4 is 5.91 Å². The molecule has 0 spiro atoms. The Morgan fingerprint density at radius 1 is 1.23 bits per heavy atom. The SMILES string of the molecule is CCOCC(=O)N1CCC(CCn2c(C)cnc2-c2ccccc2)CC1. The number of hydrogen-bond donors (Lipinski definition) is 0. The molecule has 26 heavy (non-hydrogen) atoms. The van der Waals surface area contributed by atoms with Gasteiger partial charge < -0.3 is 14.2 Å². The van der Waals surface area contributed by atoms with Crippen molar-refractivity contribution in [1.29, 1.82) is 0 Å². The van der Waals surface area contributed by atoms with Crippen molar-refractivity contribution in [2.75, 3.05) is 26.3 Å².